The van der Waals surface area contributed by atoms with E-state index in [4.69, 9.17) is 60.3 Å². The second kappa shape index (κ2) is 5.63. The molecule has 0 spiro atoms. The number of alkyl halides is 2. The number of furan rings is 1. The van der Waals surface area contributed by atoms with Crippen LogP contribution in [0.5, 0.6) is 0 Å². The number of methoxy groups -OCH3 is 2. The number of carbonyl (C=O) groups excluding carboxylic acids is 2. The number of ether oxygens (including phenoxy) is 2. The summed E-state index contributed by atoms with van der Waals surface area (Å²) in [6.45, 7) is -0.0419. The molecule has 4 atom stereocenters. The summed E-state index contributed by atoms with van der Waals surface area (Å²) >= 11 is 26.4. The predicted octanol–water partition coefficient (Wildman–Crippen LogP) is 3.04. The molecule has 1 saturated heterocycles. The summed E-state index contributed by atoms with van der Waals surface area (Å²) in [6, 6.07) is 3.32. The van der Waals surface area contributed by atoms with Gasteiger partial charge in [-0.25, -0.2) is 0 Å². The molecule has 0 aromatic carbocycles. The minimum atomic E-state index is -1.77. The largest absolute Gasteiger partial charge is 0.467 e. The van der Waals surface area contributed by atoms with Crippen LogP contribution < -0.4 is 0 Å². The van der Waals surface area contributed by atoms with Crippen LogP contribution in [-0.4, -0.2) is 46.5 Å². The predicted molar refractivity (Wildman–Crippen MR) is 93.9 cm³/mol. The molecule has 10 heteroatoms. The molecule has 1 aromatic heterocycles. The number of hydrogen-bond acceptors (Lipinski definition) is 5. The number of amides is 2. The van der Waals surface area contributed by atoms with Crippen molar-refractivity contribution in [2.75, 3.05) is 14.2 Å². The molecule has 2 aliphatic carbocycles. The van der Waals surface area contributed by atoms with Gasteiger partial charge in [-0.05, 0) is 12.1 Å². The van der Waals surface area contributed by atoms with E-state index in [1.54, 1.807) is 12.1 Å². The van der Waals surface area contributed by atoms with Crippen LogP contribution in [-0.2, 0) is 25.6 Å². The molecule has 2 fully saturated rings. The van der Waals surface area contributed by atoms with Gasteiger partial charge >= 0.3 is 0 Å². The molecule has 4 rings (SSSR count). The van der Waals surface area contributed by atoms with Crippen LogP contribution in [0.4, 0.5) is 0 Å². The van der Waals surface area contributed by atoms with Gasteiger partial charge in [0.1, 0.15) is 15.5 Å². The maximum atomic E-state index is 13.1. The lowest BCUT2D eigenvalue weighted by Crippen LogP contribution is -2.60. The molecule has 6 nitrogen and oxygen atoms in total. The average Bonchev–Trinajstić information content (AvgIpc) is 3.29. The Morgan fingerprint density at radius 1 is 1.08 bits per heavy atom. The van der Waals surface area contributed by atoms with Crippen molar-refractivity contribution >= 4 is 58.2 Å². The number of rotatable bonds is 4. The van der Waals surface area contributed by atoms with Crippen LogP contribution in [0.3, 0.4) is 0 Å². The molecule has 1 saturated carbocycles. The number of fused-ring (bicyclic) bond motifs is 5. The smallest absolute Gasteiger partial charge is 0.235 e. The Morgan fingerprint density at radius 3 is 1.96 bits per heavy atom. The van der Waals surface area contributed by atoms with Gasteiger partial charge in [0.05, 0.1) is 34.7 Å². The third-order valence-corrected chi connectivity index (χ3v) is 8.12. The van der Waals surface area contributed by atoms with Crippen LogP contribution in [0, 0.1) is 11.8 Å². The third-order valence-electron chi connectivity index (χ3n) is 5.51. The number of nitrogens with zero attached hydrogens (tertiary/aromatic N) is 1. The van der Waals surface area contributed by atoms with E-state index < -0.39 is 39.2 Å². The molecular formula is C16H13Cl4NO5. The summed E-state index contributed by atoms with van der Waals surface area (Å²) in [4.78, 5) is 23.8. The van der Waals surface area contributed by atoms with E-state index in [0.717, 1.165) is 4.90 Å². The van der Waals surface area contributed by atoms with Crippen LogP contribution in [0.25, 0.3) is 0 Å². The molecule has 0 radical (unpaired) electrons. The van der Waals surface area contributed by atoms with Crippen molar-refractivity contribution in [1.29, 1.82) is 0 Å². The highest BCUT2D eigenvalue weighted by Crippen LogP contribution is 2.75. The van der Waals surface area contributed by atoms with Crippen molar-refractivity contribution in [2.45, 2.75) is 22.1 Å². The summed E-state index contributed by atoms with van der Waals surface area (Å²) in [6.07, 6.45) is 1.45. The van der Waals surface area contributed by atoms with Crippen molar-refractivity contribution in [3.63, 3.8) is 0 Å². The fraction of sp³-hybridized carbons (Fsp3) is 0.500. The zero-order chi connectivity index (χ0) is 19.1. The SMILES string of the molecule is COC1(OC)[C@@]2(Cl)C(Cl)=C(Cl)[C@]1(Cl)[C@@H]1C(=O)N(Cc3ccco3)C(=O)[C@@H]12. The molecule has 2 heterocycles. The molecular weight excluding hydrogens is 428 g/mol. The average molecular weight is 441 g/mol. The monoisotopic (exact) mass is 439 g/mol. The van der Waals surface area contributed by atoms with Crippen LogP contribution in [0.1, 0.15) is 5.76 Å². The first-order valence-corrected chi connectivity index (χ1v) is 9.15. The highest BCUT2D eigenvalue weighted by Gasteiger charge is 2.89. The van der Waals surface area contributed by atoms with Gasteiger partial charge in [0, 0.05) is 14.2 Å². The first-order chi connectivity index (χ1) is 12.2. The zero-order valence-electron chi connectivity index (χ0n) is 13.6. The van der Waals surface area contributed by atoms with E-state index in [-0.39, 0.29) is 16.6 Å². The first kappa shape index (κ1) is 18.6. The third kappa shape index (κ3) is 1.70. The summed E-state index contributed by atoms with van der Waals surface area (Å²) < 4.78 is 16.3. The Bertz CT molecular complexity index is 790. The Labute approximate surface area is 168 Å². The van der Waals surface area contributed by atoms with Crippen LogP contribution in [0.2, 0.25) is 0 Å². The molecule has 26 heavy (non-hydrogen) atoms. The quantitative estimate of drug-likeness (QED) is 0.409. The standard InChI is InChI=1S/C16H13Cl4NO5/c1-24-16(25-2)14(19)8-9(15(16,20)11(18)10(14)17)13(23)21(12(8)22)6-7-4-3-5-26-7/h3-5,8-9H,6H2,1-2H3/t8-,9+,14+,15-. The Balaban J connectivity index is 1.86. The van der Waals surface area contributed by atoms with E-state index in [0.29, 0.717) is 5.76 Å². The van der Waals surface area contributed by atoms with Gasteiger partial charge in [0.15, 0.2) is 0 Å². The van der Waals surface area contributed by atoms with Gasteiger partial charge in [0.2, 0.25) is 17.6 Å². The molecule has 2 bridgehead atoms. The lowest BCUT2D eigenvalue weighted by atomic mass is 9.84. The maximum absolute atomic E-state index is 13.1. The highest BCUT2D eigenvalue weighted by molar-refractivity contribution is 6.53. The topological polar surface area (TPSA) is 69.0 Å². The van der Waals surface area contributed by atoms with Gasteiger partial charge in [-0.2, -0.15) is 0 Å². The Kier molecular flexibility index (Phi) is 4.02. The number of carbonyl (C=O) groups is 2. The zero-order valence-corrected chi connectivity index (χ0v) is 16.6. The van der Waals surface area contributed by atoms with Crippen LogP contribution in [0.15, 0.2) is 32.9 Å². The molecule has 2 amide bonds. The summed E-state index contributed by atoms with van der Waals surface area (Å²) in [5.41, 5.74) is 0. The van der Waals surface area contributed by atoms with Crippen molar-refractivity contribution < 1.29 is 23.5 Å². The van der Waals surface area contributed by atoms with Crippen molar-refractivity contribution in [3.8, 4) is 0 Å². The van der Waals surface area contributed by atoms with Gasteiger partial charge in [0.25, 0.3) is 0 Å². The van der Waals surface area contributed by atoms with E-state index in [1.165, 1.54) is 20.5 Å². The molecule has 0 N–H and O–H groups in total. The second-order valence-corrected chi connectivity index (χ2v) is 8.32. The summed E-state index contributed by atoms with van der Waals surface area (Å²) in [7, 11) is 2.63. The normalized spacial score (nSPS) is 37.8. The number of likely N-dealkylation sites (tertiary alicyclic amines) is 1. The van der Waals surface area contributed by atoms with Crippen molar-refractivity contribution in [3.05, 3.63) is 34.2 Å². The first-order valence-electron chi connectivity index (χ1n) is 7.64. The lowest BCUT2D eigenvalue weighted by Gasteiger charge is -2.42. The fourth-order valence-electron chi connectivity index (χ4n) is 4.48. The Hall–Kier alpha value is -0.760. The number of imide groups is 1. The van der Waals surface area contributed by atoms with E-state index >= 15 is 0 Å². The maximum Gasteiger partial charge on any atom is 0.235 e. The van der Waals surface area contributed by atoms with Gasteiger partial charge < -0.3 is 13.9 Å². The van der Waals surface area contributed by atoms with Gasteiger partial charge in [-0.3, -0.25) is 14.5 Å². The van der Waals surface area contributed by atoms with Crippen molar-refractivity contribution in [1.82, 2.24) is 4.90 Å². The molecule has 0 unspecified atom stereocenters. The minimum Gasteiger partial charge on any atom is -0.467 e. The Morgan fingerprint density at radius 2 is 1.58 bits per heavy atom. The highest BCUT2D eigenvalue weighted by atomic mass is 35.5. The van der Waals surface area contributed by atoms with E-state index in [2.05, 4.69) is 0 Å². The second-order valence-electron chi connectivity index (χ2n) is 6.37. The molecule has 1 aliphatic heterocycles. The molecule has 140 valence electrons. The summed E-state index contributed by atoms with van der Waals surface area (Å²) in [5, 5.41) is -0.108. The molecule has 1 aromatic rings. The number of hydrogen-bond donors (Lipinski definition) is 0. The van der Waals surface area contributed by atoms with Gasteiger partial charge in [-0.15, -0.1) is 23.2 Å². The fourth-order valence-corrected chi connectivity index (χ4v) is 6.64. The summed E-state index contributed by atoms with van der Waals surface area (Å²) in [5.74, 6) is -4.56. The molecule has 3 aliphatic rings. The van der Waals surface area contributed by atoms with E-state index in [1.807, 2.05) is 0 Å². The minimum absolute atomic E-state index is 0.0419. The van der Waals surface area contributed by atoms with Gasteiger partial charge in [-0.1, -0.05) is 23.2 Å². The van der Waals surface area contributed by atoms with Crippen molar-refractivity contribution in [2.24, 2.45) is 11.8 Å². The van der Waals surface area contributed by atoms with Crippen LogP contribution >= 0.6 is 46.4 Å². The lowest BCUT2D eigenvalue weighted by molar-refractivity contribution is -0.222. The van der Waals surface area contributed by atoms with E-state index in [9.17, 15) is 9.59 Å². The number of halogens is 4.